The first-order valence-corrected chi connectivity index (χ1v) is 11.3. The van der Waals surface area contributed by atoms with E-state index in [0.717, 1.165) is 21.7 Å². The van der Waals surface area contributed by atoms with Crippen molar-refractivity contribution in [2.75, 3.05) is 0 Å². The van der Waals surface area contributed by atoms with Gasteiger partial charge in [-0.1, -0.05) is 59.8 Å². The minimum absolute atomic E-state index is 0.0140. The van der Waals surface area contributed by atoms with Gasteiger partial charge in [-0.05, 0) is 37.3 Å². The molecule has 154 valence electrons. The molecule has 0 aliphatic rings. The highest BCUT2D eigenvalue weighted by Crippen LogP contribution is 2.44. The maximum absolute atomic E-state index is 14.0. The molecular weight excluding hydrogens is 431 g/mol. The van der Waals surface area contributed by atoms with Gasteiger partial charge in [0, 0.05) is 15.8 Å². The number of rotatable bonds is 5. The predicted molar refractivity (Wildman–Crippen MR) is 113 cm³/mol. The summed E-state index contributed by atoms with van der Waals surface area (Å²) in [5.41, 5.74) is 1.54. The molecule has 1 aromatic heterocycles. The molecule has 0 N–H and O–H groups in total. The zero-order valence-corrected chi connectivity index (χ0v) is 17.4. The fourth-order valence-corrected chi connectivity index (χ4v) is 5.72. The quantitative estimate of drug-likeness (QED) is 0.337. The van der Waals surface area contributed by atoms with Gasteiger partial charge in [0.15, 0.2) is 0 Å². The van der Waals surface area contributed by atoms with Gasteiger partial charge < -0.3 is 0 Å². The van der Waals surface area contributed by atoms with Crippen LogP contribution in [0.25, 0.3) is 22.2 Å². The molecule has 0 saturated carbocycles. The molecule has 3 aromatic carbocycles. The van der Waals surface area contributed by atoms with Gasteiger partial charge in [0.05, 0.1) is 16.1 Å². The van der Waals surface area contributed by atoms with Crippen molar-refractivity contribution < 1.29 is 21.6 Å². The van der Waals surface area contributed by atoms with Crippen LogP contribution in [0.5, 0.6) is 0 Å². The average Bonchev–Trinajstić information content (AvgIpc) is 3.02. The van der Waals surface area contributed by atoms with Crippen molar-refractivity contribution in [1.29, 1.82) is 0 Å². The largest absolute Gasteiger partial charge is 0.289 e. The Labute approximate surface area is 176 Å². The van der Waals surface area contributed by atoms with Crippen LogP contribution in [-0.4, -0.2) is 18.1 Å². The molecule has 1 heterocycles. The van der Waals surface area contributed by atoms with E-state index in [1.165, 1.54) is 18.2 Å². The average molecular weight is 448 g/mol. The van der Waals surface area contributed by atoms with E-state index in [4.69, 9.17) is 0 Å². The molecule has 4 rings (SSSR count). The number of alkyl halides is 2. The van der Waals surface area contributed by atoms with Crippen LogP contribution in [0, 0.1) is 12.7 Å². The van der Waals surface area contributed by atoms with Crippen molar-refractivity contribution >= 4 is 32.7 Å². The monoisotopic (exact) mass is 447 g/mol. The van der Waals surface area contributed by atoms with Crippen molar-refractivity contribution in [1.82, 2.24) is 3.97 Å². The lowest BCUT2D eigenvalue weighted by Crippen LogP contribution is -2.14. The maximum Gasteiger partial charge on any atom is 0.289 e. The molecule has 0 spiro atoms. The minimum Gasteiger partial charge on any atom is -0.232 e. The Balaban J connectivity index is 2.14. The van der Waals surface area contributed by atoms with Gasteiger partial charge in [-0.15, -0.1) is 0 Å². The number of halogens is 3. The van der Waals surface area contributed by atoms with E-state index in [1.54, 1.807) is 42.5 Å². The normalized spacial score (nSPS) is 12.0. The van der Waals surface area contributed by atoms with Crippen LogP contribution in [-0.2, 0) is 10.0 Å². The topological polar surface area (TPSA) is 39.1 Å². The summed E-state index contributed by atoms with van der Waals surface area (Å²) in [6.07, 6.45) is 0. The highest BCUT2D eigenvalue weighted by molar-refractivity contribution is 8.00. The third-order valence-corrected chi connectivity index (χ3v) is 7.21. The molecule has 0 fully saturated rings. The van der Waals surface area contributed by atoms with Crippen molar-refractivity contribution in [2.45, 2.75) is 22.5 Å². The lowest BCUT2D eigenvalue weighted by molar-refractivity contribution is 0.252. The number of hydrogen-bond donors (Lipinski definition) is 0. The Kier molecular flexibility index (Phi) is 5.38. The fraction of sp³-hybridized carbons (Fsp3) is 0.0909. The van der Waals surface area contributed by atoms with Gasteiger partial charge in [0.2, 0.25) is 0 Å². The van der Waals surface area contributed by atoms with Gasteiger partial charge in [-0.2, -0.15) is 8.78 Å². The Bertz CT molecular complexity index is 1320. The number of aryl methyl sites for hydroxylation is 1. The molecule has 3 nitrogen and oxygen atoms in total. The second kappa shape index (κ2) is 7.85. The number of fused-ring (bicyclic) bond motifs is 1. The first-order valence-electron chi connectivity index (χ1n) is 8.95. The number of thioether (sulfide) groups is 1. The van der Waals surface area contributed by atoms with Crippen LogP contribution in [0.2, 0.25) is 0 Å². The number of aromatic nitrogens is 1. The summed E-state index contributed by atoms with van der Waals surface area (Å²) >= 11 is 0.207. The Morgan fingerprint density at radius 3 is 2.23 bits per heavy atom. The molecule has 30 heavy (non-hydrogen) atoms. The highest BCUT2D eigenvalue weighted by atomic mass is 32.2. The second-order valence-corrected chi connectivity index (χ2v) is 9.45. The third-order valence-electron chi connectivity index (χ3n) is 4.65. The molecule has 0 unspecified atom stereocenters. The summed E-state index contributed by atoms with van der Waals surface area (Å²) in [6, 6.07) is 18.2. The predicted octanol–water partition coefficient (Wildman–Crippen LogP) is 6.31. The van der Waals surface area contributed by atoms with Crippen molar-refractivity contribution in [3.63, 3.8) is 0 Å². The Morgan fingerprint density at radius 2 is 1.60 bits per heavy atom. The zero-order valence-electron chi connectivity index (χ0n) is 15.7. The van der Waals surface area contributed by atoms with Crippen LogP contribution in [0.1, 0.15) is 5.56 Å². The second-order valence-electron chi connectivity index (χ2n) is 6.67. The van der Waals surface area contributed by atoms with E-state index >= 15 is 0 Å². The van der Waals surface area contributed by atoms with E-state index in [-0.39, 0.29) is 38.1 Å². The van der Waals surface area contributed by atoms with Gasteiger partial charge in [-0.25, -0.2) is 16.8 Å². The fourth-order valence-electron chi connectivity index (χ4n) is 3.33. The van der Waals surface area contributed by atoms with Crippen LogP contribution >= 0.6 is 11.8 Å². The summed E-state index contributed by atoms with van der Waals surface area (Å²) < 4.78 is 69.1. The van der Waals surface area contributed by atoms with Crippen LogP contribution in [0.3, 0.4) is 0 Å². The smallest absolute Gasteiger partial charge is 0.232 e. The van der Waals surface area contributed by atoms with Gasteiger partial charge >= 0.3 is 0 Å². The summed E-state index contributed by atoms with van der Waals surface area (Å²) in [6.45, 7) is 1.83. The van der Waals surface area contributed by atoms with Crippen LogP contribution in [0.15, 0.2) is 82.6 Å². The van der Waals surface area contributed by atoms with Crippen molar-refractivity contribution in [3.8, 4) is 11.3 Å². The summed E-state index contributed by atoms with van der Waals surface area (Å²) in [5, 5.41) is 0.120. The molecular formula is C22H16F3NO2S2. The first kappa shape index (κ1) is 20.6. The molecule has 0 amide bonds. The van der Waals surface area contributed by atoms with Crippen LogP contribution in [0.4, 0.5) is 13.2 Å². The molecule has 4 aromatic rings. The number of benzene rings is 3. The van der Waals surface area contributed by atoms with Gasteiger partial charge in [-0.3, -0.25) is 0 Å². The van der Waals surface area contributed by atoms with E-state index in [0.29, 0.717) is 5.56 Å². The van der Waals surface area contributed by atoms with E-state index in [2.05, 4.69) is 0 Å². The lowest BCUT2D eigenvalue weighted by atomic mass is 10.1. The summed E-state index contributed by atoms with van der Waals surface area (Å²) in [4.78, 5) is 0.0292. The first-order chi connectivity index (χ1) is 14.3. The molecule has 0 atom stereocenters. The van der Waals surface area contributed by atoms with Gasteiger partial charge in [0.25, 0.3) is 15.8 Å². The number of hydrogen-bond acceptors (Lipinski definition) is 3. The summed E-state index contributed by atoms with van der Waals surface area (Å²) in [7, 11) is -4.15. The lowest BCUT2D eigenvalue weighted by Gasteiger charge is -2.13. The summed E-state index contributed by atoms with van der Waals surface area (Å²) in [5.74, 6) is -3.44. The highest BCUT2D eigenvalue weighted by Gasteiger charge is 2.29. The van der Waals surface area contributed by atoms with E-state index in [9.17, 15) is 21.6 Å². The molecule has 0 saturated heterocycles. The maximum atomic E-state index is 14.0. The molecule has 0 aliphatic carbocycles. The third kappa shape index (κ3) is 3.61. The van der Waals surface area contributed by atoms with Crippen molar-refractivity contribution in [3.05, 3.63) is 84.2 Å². The molecule has 8 heteroatoms. The Hall–Kier alpha value is -2.71. The Morgan fingerprint density at radius 1 is 0.933 bits per heavy atom. The minimum atomic E-state index is -4.15. The van der Waals surface area contributed by atoms with Crippen LogP contribution < -0.4 is 0 Å². The standard InChI is InChI=1S/C22H16F3NO2S2/c1-14-7-10-17(11-8-14)30(27,28)26-19-12-9-16(23)13-18(19)21(29-22(24)25)20(26)15-5-3-2-4-6-15/h2-13,22H,1H3. The van der Waals surface area contributed by atoms with Gasteiger partial charge in [0.1, 0.15) is 5.82 Å². The van der Waals surface area contributed by atoms with E-state index < -0.39 is 21.6 Å². The molecule has 0 bridgehead atoms. The molecule has 0 radical (unpaired) electrons. The van der Waals surface area contributed by atoms with E-state index in [1.807, 2.05) is 6.92 Å². The number of nitrogens with zero attached hydrogens (tertiary/aromatic N) is 1. The zero-order chi connectivity index (χ0) is 21.5. The SMILES string of the molecule is Cc1ccc(S(=O)(=O)n2c(-c3ccccc3)c(SC(F)F)c3cc(F)ccc32)cc1. The molecule has 0 aliphatic heterocycles. The van der Waals surface area contributed by atoms with Crippen molar-refractivity contribution in [2.24, 2.45) is 0 Å².